The third-order valence-electron chi connectivity index (χ3n) is 2.79. The van der Waals surface area contributed by atoms with Gasteiger partial charge in [-0.15, -0.1) is 0 Å². The SMILES string of the molecule is CNCCc1nc(C2CCCC2)no1. The molecule has 1 aliphatic carbocycles. The van der Waals surface area contributed by atoms with Gasteiger partial charge in [0, 0.05) is 18.9 Å². The van der Waals surface area contributed by atoms with E-state index in [0.717, 1.165) is 24.7 Å². The molecule has 1 fully saturated rings. The molecule has 1 N–H and O–H groups in total. The molecular formula is C10H17N3O. The molecule has 0 amide bonds. The number of aromatic nitrogens is 2. The Morgan fingerprint density at radius 1 is 1.43 bits per heavy atom. The van der Waals surface area contributed by atoms with E-state index in [2.05, 4.69) is 15.5 Å². The Labute approximate surface area is 84.1 Å². The normalized spacial score (nSPS) is 17.8. The maximum Gasteiger partial charge on any atom is 0.227 e. The minimum absolute atomic E-state index is 0.557. The number of nitrogens with zero attached hydrogens (tertiary/aromatic N) is 2. The highest BCUT2D eigenvalue weighted by molar-refractivity contribution is 4.97. The largest absolute Gasteiger partial charge is 0.339 e. The summed E-state index contributed by atoms with van der Waals surface area (Å²) in [5, 5.41) is 7.10. The van der Waals surface area contributed by atoms with Gasteiger partial charge in [0.05, 0.1) is 0 Å². The lowest BCUT2D eigenvalue weighted by Crippen LogP contribution is -2.10. The molecule has 1 aromatic rings. The average Bonchev–Trinajstić information content (AvgIpc) is 2.85. The number of rotatable bonds is 4. The van der Waals surface area contributed by atoms with Crippen molar-refractivity contribution in [3.05, 3.63) is 11.7 Å². The summed E-state index contributed by atoms with van der Waals surface area (Å²) in [6.45, 7) is 0.895. The van der Waals surface area contributed by atoms with Crippen LogP contribution in [0.3, 0.4) is 0 Å². The first-order chi connectivity index (χ1) is 6.90. The Morgan fingerprint density at radius 2 is 2.21 bits per heavy atom. The Bertz CT molecular complexity index is 279. The first-order valence-electron chi connectivity index (χ1n) is 5.37. The standard InChI is InChI=1S/C10H17N3O/c1-11-7-6-9-12-10(13-14-9)8-4-2-3-5-8/h8,11H,2-7H2,1H3. The van der Waals surface area contributed by atoms with Crippen molar-refractivity contribution in [2.24, 2.45) is 0 Å². The quantitative estimate of drug-likeness (QED) is 0.790. The molecule has 1 saturated carbocycles. The van der Waals surface area contributed by atoms with Crippen molar-refractivity contribution in [3.8, 4) is 0 Å². The maximum atomic E-state index is 5.18. The van der Waals surface area contributed by atoms with Gasteiger partial charge in [0.1, 0.15) is 0 Å². The summed E-state index contributed by atoms with van der Waals surface area (Å²) in [7, 11) is 1.92. The molecule has 0 unspecified atom stereocenters. The van der Waals surface area contributed by atoms with E-state index in [9.17, 15) is 0 Å². The van der Waals surface area contributed by atoms with Crippen molar-refractivity contribution in [2.75, 3.05) is 13.6 Å². The van der Waals surface area contributed by atoms with Gasteiger partial charge in [-0.25, -0.2) is 0 Å². The van der Waals surface area contributed by atoms with E-state index in [1.807, 2.05) is 7.05 Å². The van der Waals surface area contributed by atoms with Gasteiger partial charge in [0.15, 0.2) is 5.82 Å². The Hall–Kier alpha value is -0.900. The highest BCUT2D eigenvalue weighted by atomic mass is 16.5. The molecule has 0 aliphatic heterocycles. The molecule has 0 radical (unpaired) electrons. The van der Waals surface area contributed by atoms with E-state index >= 15 is 0 Å². The zero-order valence-electron chi connectivity index (χ0n) is 8.62. The predicted octanol–water partition coefficient (Wildman–Crippen LogP) is 1.49. The fourth-order valence-corrected chi connectivity index (χ4v) is 1.95. The number of hydrogen-bond donors (Lipinski definition) is 1. The summed E-state index contributed by atoms with van der Waals surface area (Å²) in [6, 6.07) is 0. The molecule has 2 rings (SSSR count). The summed E-state index contributed by atoms with van der Waals surface area (Å²) in [5.41, 5.74) is 0. The zero-order valence-corrected chi connectivity index (χ0v) is 8.62. The second-order valence-corrected chi connectivity index (χ2v) is 3.88. The average molecular weight is 195 g/mol. The van der Waals surface area contributed by atoms with Crippen LogP contribution in [-0.2, 0) is 6.42 Å². The van der Waals surface area contributed by atoms with Gasteiger partial charge in [-0.1, -0.05) is 18.0 Å². The predicted molar refractivity (Wildman–Crippen MR) is 53.1 cm³/mol. The van der Waals surface area contributed by atoms with E-state index in [0.29, 0.717) is 5.92 Å². The monoisotopic (exact) mass is 195 g/mol. The van der Waals surface area contributed by atoms with Gasteiger partial charge in [-0.3, -0.25) is 0 Å². The molecule has 0 aromatic carbocycles. The van der Waals surface area contributed by atoms with Gasteiger partial charge in [0.2, 0.25) is 5.89 Å². The highest BCUT2D eigenvalue weighted by Gasteiger charge is 2.21. The summed E-state index contributed by atoms with van der Waals surface area (Å²) in [4.78, 5) is 4.41. The zero-order chi connectivity index (χ0) is 9.80. The smallest absolute Gasteiger partial charge is 0.227 e. The highest BCUT2D eigenvalue weighted by Crippen LogP contribution is 2.32. The van der Waals surface area contributed by atoms with E-state index in [1.54, 1.807) is 0 Å². The van der Waals surface area contributed by atoms with Crippen LogP contribution in [0.15, 0.2) is 4.52 Å². The van der Waals surface area contributed by atoms with E-state index in [4.69, 9.17) is 4.52 Å². The topological polar surface area (TPSA) is 51.0 Å². The lowest BCUT2D eigenvalue weighted by molar-refractivity contribution is 0.368. The molecule has 4 heteroatoms. The van der Waals surface area contributed by atoms with Crippen molar-refractivity contribution in [3.63, 3.8) is 0 Å². The summed E-state index contributed by atoms with van der Waals surface area (Å²) < 4.78 is 5.18. The van der Waals surface area contributed by atoms with Gasteiger partial charge >= 0.3 is 0 Å². The first kappa shape index (κ1) is 9.65. The summed E-state index contributed by atoms with van der Waals surface area (Å²) in [6.07, 6.45) is 5.91. The summed E-state index contributed by atoms with van der Waals surface area (Å²) >= 11 is 0. The fourth-order valence-electron chi connectivity index (χ4n) is 1.95. The van der Waals surface area contributed by atoms with Crippen LogP contribution in [0.25, 0.3) is 0 Å². The van der Waals surface area contributed by atoms with Crippen molar-refractivity contribution in [1.82, 2.24) is 15.5 Å². The second-order valence-electron chi connectivity index (χ2n) is 3.88. The molecule has 14 heavy (non-hydrogen) atoms. The lowest BCUT2D eigenvalue weighted by atomic mass is 10.1. The van der Waals surface area contributed by atoms with Crippen LogP contribution in [0.1, 0.15) is 43.3 Å². The van der Waals surface area contributed by atoms with E-state index in [-0.39, 0.29) is 0 Å². The van der Waals surface area contributed by atoms with Crippen LogP contribution in [0, 0.1) is 0 Å². The molecule has 0 bridgehead atoms. The van der Waals surface area contributed by atoms with Crippen molar-refractivity contribution < 1.29 is 4.52 Å². The Kier molecular flexibility index (Phi) is 3.14. The maximum absolute atomic E-state index is 5.18. The van der Waals surface area contributed by atoms with Gasteiger partial charge in [-0.2, -0.15) is 4.98 Å². The second kappa shape index (κ2) is 4.55. The van der Waals surface area contributed by atoms with Crippen molar-refractivity contribution in [1.29, 1.82) is 0 Å². The van der Waals surface area contributed by atoms with Crippen LogP contribution in [0.4, 0.5) is 0 Å². The molecular weight excluding hydrogens is 178 g/mol. The molecule has 1 aliphatic rings. The third kappa shape index (κ3) is 2.12. The molecule has 1 aromatic heterocycles. The molecule has 78 valence electrons. The number of nitrogens with one attached hydrogen (secondary N) is 1. The number of likely N-dealkylation sites (N-methyl/N-ethyl adjacent to an activating group) is 1. The van der Waals surface area contributed by atoms with E-state index < -0.39 is 0 Å². The van der Waals surface area contributed by atoms with Gasteiger partial charge < -0.3 is 9.84 Å². The molecule has 0 saturated heterocycles. The van der Waals surface area contributed by atoms with Crippen LogP contribution in [0.5, 0.6) is 0 Å². The lowest BCUT2D eigenvalue weighted by Gasteiger charge is -1.99. The van der Waals surface area contributed by atoms with Gasteiger partial charge in [0.25, 0.3) is 0 Å². The number of hydrogen-bond acceptors (Lipinski definition) is 4. The minimum atomic E-state index is 0.557. The van der Waals surface area contributed by atoms with Crippen molar-refractivity contribution >= 4 is 0 Å². The van der Waals surface area contributed by atoms with Crippen molar-refractivity contribution in [2.45, 2.75) is 38.0 Å². The summed E-state index contributed by atoms with van der Waals surface area (Å²) in [5.74, 6) is 2.25. The van der Waals surface area contributed by atoms with Crippen LogP contribution in [-0.4, -0.2) is 23.7 Å². The minimum Gasteiger partial charge on any atom is -0.339 e. The molecule has 0 atom stereocenters. The molecule has 1 heterocycles. The van der Waals surface area contributed by atoms with Crippen LogP contribution < -0.4 is 5.32 Å². The Morgan fingerprint density at radius 3 is 2.93 bits per heavy atom. The third-order valence-corrected chi connectivity index (χ3v) is 2.79. The van der Waals surface area contributed by atoms with E-state index in [1.165, 1.54) is 25.7 Å². The fraction of sp³-hybridized carbons (Fsp3) is 0.800. The molecule has 4 nitrogen and oxygen atoms in total. The van der Waals surface area contributed by atoms with Gasteiger partial charge in [-0.05, 0) is 19.9 Å². The molecule has 0 spiro atoms. The van der Waals surface area contributed by atoms with Crippen LogP contribution in [0.2, 0.25) is 0 Å². The Balaban J connectivity index is 1.94. The van der Waals surface area contributed by atoms with Crippen LogP contribution >= 0.6 is 0 Å². The first-order valence-corrected chi connectivity index (χ1v) is 5.37.